The molecule has 4 nitrogen and oxygen atoms in total. The largest absolute Gasteiger partial charge is 0.352 e. The van der Waals surface area contributed by atoms with E-state index in [1.807, 2.05) is 30.3 Å². The lowest BCUT2D eigenvalue weighted by molar-refractivity contribution is -0.123. The van der Waals surface area contributed by atoms with Gasteiger partial charge in [0.1, 0.15) is 0 Å². The second-order valence-electron chi connectivity index (χ2n) is 6.82. The van der Waals surface area contributed by atoms with Crippen LogP contribution in [0.15, 0.2) is 30.3 Å². The molecule has 1 aromatic rings. The normalized spacial score (nSPS) is 21.5. The van der Waals surface area contributed by atoms with Gasteiger partial charge in [-0.25, -0.2) is 0 Å². The van der Waals surface area contributed by atoms with Crippen LogP contribution in [-0.2, 0) is 11.2 Å². The van der Waals surface area contributed by atoms with Crippen molar-refractivity contribution in [2.24, 2.45) is 11.7 Å². The molecule has 1 heterocycles. The molecule has 1 amide bonds. The molecule has 2 aliphatic rings. The van der Waals surface area contributed by atoms with Gasteiger partial charge in [0.25, 0.3) is 0 Å². The molecule has 1 saturated carbocycles. The Kier molecular flexibility index (Phi) is 5.11. The van der Waals surface area contributed by atoms with Crippen LogP contribution in [-0.4, -0.2) is 42.5 Å². The van der Waals surface area contributed by atoms with Crippen molar-refractivity contribution in [2.75, 3.05) is 19.6 Å². The molecule has 120 valence electrons. The van der Waals surface area contributed by atoms with Gasteiger partial charge in [0.05, 0.1) is 6.04 Å². The molecule has 1 unspecified atom stereocenters. The number of rotatable bonds is 6. The van der Waals surface area contributed by atoms with Crippen LogP contribution in [0, 0.1) is 5.92 Å². The topological polar surface area (TPSA) is 58.4 Å². The number of carbonyl (C=O) groups is 1. The minimum atomic E-state index is -0.452. The van der Waals surface area contributed by atoms with Crippen LogP contribution in [0.4, 0.5) is 0 Å². The molecular weight excluding hydrogens is 274 g/mol. The number of nitrogens with zero attached hydrogens (tertiary/aromatic N) is 1. The van der Waals surface area contributed by atoms with Crippen LogP contribution >= 0.6 is 0 Å². The molecule has 3 N–H and O–H groups in total. The Balaban J connectivity index is 1.39. The zero-order chi connectivity index (χ0) is 15.4. The Morgan fingerprint density at radius 2 is 1.86 bits per heavy atom. The molecule has 0 radical (unpaired) electrons. The van der Waals surface area contributed by atoms with Gasteiger partial charge in [-0.2, -0.15) is 0 Å². The molecule has 0 spiro atoms. The molecule has 1 saturated heterocycles. The molecule has 0 bridgehead atoms. The maximum Gasteiger partial charge on any atom is 0.237 e. The summed E-state index contributed by atoms with van der Waals surface area (Å²) in [4.78, 5) is 14.8. The fraction of sp³-hybridized carbons (Fsp3) is 0.611. The van der Waals surface area contributed by atoms with E-state index in [0.717, 1.165) is 37.4 Å². The average Bonchev–Trinajstić information content (AvgIpc) is 3.34. The minimum Gasteiger partial charge on any atom is -0.352 e. The molecule has 1 aliphatic carbocycles. The van der Waals surface area contributed by atoms with Crippen molar-refractivity contribution in [2.45, 2.75) is 44.2 Å². The van der Waals surface area contributed by atoms with E-state index in [2.05, 4.69) is 10.2 Å². The Bertz CT molecular complexity index is 478. The molecule has 3 rings (SSSR count). The van der Waals surface area contributed by atoms with Gasteiger partial charge in [0.15, 0.2) is 0 Å². The smallest absolute Gasteiger partial charge is 0.237 e. The van der Waals surface area contributed by atoms with Crippen LogP contribution < -0.4 is 11.1 Å². The maximum absolute atomic E-state index is 12.2. The number of carbonyl (C=O) groups excluding carboxylic acids is 1. The minimum absolute atomic E-state index is 0.00973. The van der Waals surface area contributed by atoms with E-state index in [4.69, 9.17) is 5.73 Å². The average molecular weight is 301 g/mol. The SMILES string of the molecule is NC(Cc1ccccc1)C(=O)NC1CCN(CC2CC2)CC1. The van der Waals surface area contributed by atoms with Crippen molar-refractivity contribution < 1.29 is 4.79 Å². The summed E-state index contributed by atoms with van der Waals surface area (Å²) in [6.45, 7) is 3.47. The fourth-order valence-electron chi connectivity index (χ4n) is 3.19. The van der Waals surface area contributed by atoms with E-state index in [1.54, 1.807) is 0 Å². The first-order valence-corrected chi connectivity index (χ1v) is 8.53. The Morgan fingerprint density at radius 1 is 1.18 bits per heavy atom. The van der Waals surface area contributed by atoms with Gasteiger partial charge in [0.2, 0.25) is 5.91 Å². The second kappa shape index (κ2) is 7.25. The number of hydrogen-bond donors (Lipinski definition) is 2. The fourth-order valence-corrected chi connectivity index (χ4v) is 3.19. The summed E-state index contributed by atoms with van der Waals surface area (Å²) in [5.74, 6) is 0.940. The lowest BCUT2D eigenvalue weighted by Gasteiger charge is -2.32. The standard InChI is InChI=1S/C18H27N3O/c19-17(12-14-4-2-1-3-5-14)18(22)20-16-8-10-21(11-9-16)13-15-6-7-15/h1-5,15-17H,6-13,19H2,(H,20,22). The number of benzene rings is 1. The van der Waals surface area contributed by atoms with Gasteiger partial charge in [-0.1, -0.05) is 30.3 Å². The monoisotopic (exact) mass is 301 g/mol. The number of nitrogens with two attached hydrogens (primary N) is 1. The first-order valence-electron chi connectivity index (χ1n) is 8.53. The van der Waals surface area contributed by atoms with Gasteiger partial charge in [-0.05, 0) is 43.6 Å². The molecule has 1 aliphatic heterocycles. The quantitative estimate of drug-likeness (QED) is 0.838. The maximum atomic E-state index is 12.2. The lowest BCUT2D eigenvalue weighted by Crippen LogP contribution is -2.50. The Hall–Kier alpha value is -1.39. The van der Waals surface area contributed by atoms with Crippen LogP contribution in [0.5, 0.6) is 0 Å². The van der Waals surface area contributed by atoms with Gasteiger partial charge >= 0.3 is 0 Å². The van der Waals surface area contributed by atoms with Gasteiger partial charge < -0.3 is 16.0 Å². The van der Waals surface area contributed by atoms with E-state index < -0.39 is 6.04 Å². The van der Waals surface area contributed by atoms with Crippen molar-refractivity contribution in [3.63, 3.8) is 0 Å². The van der Waals surface area contributed by atoms with Gasteiger partial charge in [0, 0.05) is 25.7 Å². The summed E-state index contributed by atoms with van der Waals surface area (Å²) in [7, 11) is 0. The van der Waals surface area contributed by atoms with Crippen molar-refractivity contribution in [3.05, 3.63) is 35.9 Å². The van der Waals surface area contributed by atoms with Crippen LogP contribution in [0.3, 0.4) is 0 Å². The molecule has 1 aromatic carbocycles. The van der Waals surface area contributed by atoms with Crippen LogP contribution in [0.2, 0.25) is 0 Å². The number of nitrogens with one attached hydrogen (secondary N) is 1. The summed E-state index contributed by atoms with van der Waals surface area (Å²) in [5.41, 5.74) is 7.16. The Labute approximate surface area is 133 Å². The summed E-state index contributed by atoms with van der Waals surface area (Å²) >= 11 is 0. The van der Waals surface area contributed by atoms with Crippen LogP contribution in [0.1, 0.15) is 31.2 Å². The highest BCUT2D eigenvalue weighted by atomic mass is 16.2. The molecule has 0 aromatic heterocycles. The summed E-state index contributed by atoms with van der Waals surface area (Å²) < 4.78 is 0. The highest BCUT2D eigenvalue weighted by Gasteiger charge is 2.28. The molecular formula is C18H27N3O. The van der Waals surface area contributed by atoms with E-state index >= 15 is 0 Å². The molecule has 1 atom stereocenters. The summed E-state index contributed by atoms with van der Waals surface area (Å²) in [6.07, 6.45) is 5.52. The van der Waals surface area contributed by atoms with E-state index in [0.29, 0.717) is 12.5 Å². The lowest BCUT2D eigenvalue weighted by atomic mass is 10.0. The first-order chi connectivity index (χ1) is 10.7. The van der Waals surface area contributed by atoms with E-state index in [-0.39, 0.29) is 5.91 Å². The zero-order valence-electron chi connectivity index (χ0n) is 13.2. The second-order valence-corrected chi connectivity index (χ2v) is 6.82. The third-order valence-corrected chi connectivity index (χ3v) is 4.78. The highest BCUT2D eigenvalue weighted by molar-refractivity contribution is 5.82. The first kappa shape index (κ1) is 15.5. The molecule has 2 fully saturated rings. The number of piperidine rings is 1. The summed E-state index contributed by atoms with van der Waals surface area (Å²) in [6, 6.07) is 9.82. The number of amides is 1. The van der Waals surface area contributed by atoms with Crippen molar-refractivity contribution in [1.82, 2.24) is 10.2 Å². The van der Waals surface area contributed by atoms with Gasteiger partial charge in [-0.3, -0.25) is 4.79 Å². The molecule has 22 heavy (non-hydrogen) atoms. The van der Waals surface area contributed by atoms with Crippen LogP contribution in [0.25, 0.3) is 0 Å². The van der Waals surface area contributed by atoms with Crippen molar-refractivity contribution >= 4 is 5.91 Å². The van der Waals surface area contributed by atoms with E-state index in [1.165, 1.54) is 19.4 Å². The third-order valence-electron chi connectivity index (χ3n) is 4.78. The third kappa shape index (κ3) is 4.55. The summed E-state index contributed by atoms with van der Waals surface area (Å²) in [5, 5.41) is 3.14. The Morgan fingerprint density at radius 3 is 2.50 bits per heavy atom. The number of likely N-dealkylation sites (tertiary alicyclic amines) is 1. The zero-order valence-corrected chi connectivity index (χ0v) is 13.2. The highest BCUT2D eigenvalue weighted by Crippen LogP contribution is 2.30. The van der Waals surface area contributed by atoms with E-state index in [9.17, 15) is 4.79 Å². The van der Waals surface area contributed by atoms with Gasteiger partial charge in [-0.15, -0.1) is 0 Å². The molecule has 4 heteroatoms. The predicted octanol–water partition coefficient (Wildman–Crippen LogP) is 1.55. The number of hydrogen-bond acceptors (Lipinski definition) is 3. The van der Waals surface area contributed by atoms with Crippen molar-refractivity contribution in [1.29, 1.82) is 0 Å². The van der Waals surface area contributed by atoms with Crippen molar-refractivity contribution in [3.8, 4) is 0 Å². The predicted molar refractivity (Wildman–Crippen MR) is 88.5 cm³/mol.